The van der Waals surface area contributed by atoms with Gasteiger partial charge in [-0.25, -0.2) is 0 Å². The van der Waals surface area contributed by atoms with E-state index in [-0.39, 0.29) is 0 Å². The van der Waals surface area contributed by atoms with Crippen LogP contribution in [0, 0.1) is 0 Å². The van der Waals surface area contributed by atoms with Gasteiger partial charge in [0.2, 0.25) is 0 Å². The Balaban J connectivity index is 1.76. The Morgan fingerprint density at radius 3 is 2.75 bits per heavy atom. The van der Waals surface area contributed by atoms with Crippen LogP contribution in [0.25, 0.3) is 0 Å². The van der Waals surface area contributed by atoms with Gasteiger partial charge in [0.25, 0.3) is 0 Å². The summed E-state index contributed by atoms with van der Waals surface area (Å²) in [4.78, 5) is 3.55. The Kier molecular flexibility index (Phi) is 4.24. The Labute approximate surface area is 121 Å². The molecule has 1 aromatic carbocycles. The molecule has 0 amide bonds. The number of methoxy groups -OCH3 is 1. The largest absolute Gasteiger partial charge is 0.497 e. The molecule has 4 nitrogen and oxygen atoms in total. The summed E-state index contributed by atoms with van der Waals surface area (Å²) in [5.74, 6) is 0.994. The van der Waals surface area contributed by atoms with Gasteiger partial charge in [0.05, 0.1) is 13.7 Å². The Morgan fingerprint density at radius 2 is 2.05 bits per heavy atom. The minimum atomic E-state index is 0.670. The minimum Gasteiger partial charge on any atom is -0.497 e. The molecule has 0 spiro atoms. The fourth-order valence-corrected chi connectivity index (χ4v) is 3.77. The van der Waals surface area contributed by atoms with Gasteiger partial charge in [0.15, 0.2) is 6.04 Å². The van der Waals surface area contributed by atoms with Crippen LogP contribution in [-0.4, -0.2) is 46.4 Å². The molecule has 2 aliphatic rings. The van der Waals surface area contributed by atoms with E-state index in [1.807, 2.05) is 0 Å². The smallest absolute Gasteiger partial charge is 0.163 e. The van der Waals surface area contributed by atoms with Gasteiger partial charge in [-0.15, -0.1) is 0 Å². The molecule has 1 saturated heterocycles. The predicted molar refractivity (Wildman–Crippen MR) is 78.2 cm³/mol. The summed E-state index contributed by atoms with van der Waals surface area (Å²) in [6.07, 6.45) is 0. The van der Waals surface area contributed by atoms with E-state index in [1.165, 1.54) is 44.8 Å². The Bertz CT molecular complexity index is 455. The first kappa shape index (κ1) is 13.9. The SMILES string of the molecule is CC[NH+]1CC[NH+]([C@@H]2C[NH2+]Cc3cc(OC)ccc32)CC1. The second kappa shape index (κ2) is 6.12. The molecular formula is C16H28N3O+3. The zero-order chi connectivity index (χ0) is 13.9. The molecule has 0 unspecified atom stereocenters. The Hall–Kier alpha value is -1.10. The van der Waals surface area contributed by atoms with Crippen molar-refractivity contribution in [2.75, 3.05) is 46.4 Å². The summed E-state index contributed by atoms with van der Waals surface area (Å²) < 4.78 is 5.37. The first-order valence-electron chi connectivity index (χ1n) is 7.98. The van der Waals surface area contributed by atoms with Crippen molar-refractivity contribution in [2.45, 2.75) is 19.5 Å². The van der Waals surface area contributed by atoms with Crippen molar-refractivity contribution in [3.05, 3.63) is 29.3 Å². The van der Waals surface area contributed by atoms with Gasteiger partial charge in [-0.05, 0) is 25.1 Å². The van der Waals surface area contributed by atoms with Gasteiger partial charge < -0.3 is 19.9 Å². The summed E-state index contributed by atoms with van der Waals surface area (Å²) in [6, 6.07) is 7.33. The molecule has 1 atom stereocenters. The summed E-state index contributed by atoms with van der Waals surface area (Å²) in [5.41, 5.74) is 3.03. The normalized spacial score (nSPS) is 29.8. The van der Waals surface area contributed by atoms with E-state index in [1.54, 1.807) is 22.5 Å². The molecular weight excluding hydrogens is 250 g/mol. The molecule has 0 aliphatic carbocycles. The molecule has 1 aromatic rings. The topological polar surface area (TPSA) is 34.7 Å². The van der Waals surface area contributed by atoms with E-state index >= 15 is 0 Å². The second-order valence-corrected chi connectivity index (χ2v) is 6.11. The highest BCUT2D eigenvalue weighted by molar-refractivity contribution is 5.37. The van der Waals surface area contributed by atoms with Crippen LogP contribution in [0.4, 0.5) is 0 Å². The van der Waals surface area contributed by atoms with E-state index in [2.05, 4.69) is 30.4 Å². The second-order valence-electron chi connectivity index (χ2n) is 6.11. The predicted octanol–water partition coefficient (Wildman–Crippen LogP) is -2.38. The van der Waals surface area contributed by atoms with Crippen molar-refractivity contribution < 1.29 is 19.9 Å². The quantitative estimate of drug-likeness (QED) is 0.567. The van der Waals surface area contributed by atoms with Gasteiger partial charge in [-0.2, -0.15) is 0 Å². The molecule has 0 aromatic heterocycles. The highest BCUT2D eigenvalue weighted by atomic mass is 16.5. The van der Waals surface area contributed by atoms with Crippen LogP contribution in [0.3, 0.4) is 0 Å². The monoisotopic (exact) mass is 278 g/mol. The van der Waals surface area contributed by atoms with Crippen molar-refractivity contribution in [3.8, 4) is 5.75 Å². The summed E-state index contributed by atoms with van der Waals surface area (Å²) in [6.45, 7) is 11.2. The zero-order valence-electron chi connectivity index (χ0n) is 12.7. The number of rotatable bonds is 3. The van der Waals surface area contributed by atoms with Crippen molar-refractivity contribution in [2.24, 2.45) is 0 Å². The van der Waals surface area contributed by atoms with Crippen LogP contribution >= 0.6 is 0 Å². The summed E-state index contributed by atoms with van der Waals surface area (Å²) in [7, 11) is 1.75. The molecule has 4 N–H and O–H groups in total. The standard InChI is InChI=1S/C16H25N3O/c1-3-18-6-8-19(9-7-18)16-12-17-11-13-10-14(20-2)4-5-15(13)16/h4-5,10,16-17H,3,6-9,11-12H2,1-2H3/p+3/t16-/m1/s1. The van der Waals surface area contributed by atoms with E-state index in [4.69, 9.17) is 4.74 Å². The number of nitrogens with one attached hydrogen (secondary N) is 2. The fraction of sp³-hybridized carbons (Fsp3) is 0.625. The molecule has 0 saturated carbocycles. The molecule has 2 heterocycles. The third-order valence-electron chi connectivity index (χ3n) is 5.08. The maximum atomic E-state index is 5.37. The van der Waals surface area contributed by atoms with Crippen LogP contribution in [0.5, 0.6) is 5.75 Å². The molecule has 0 radical (unpaired) electrons. The lowest BCUT2D eigenvalue weighted by Gasteiger charge is -2.35. The molecule has 2 aliphatic heterocycles. The molecule has 110 valence electrons. The van der Waals surface area contributed by atoms with Crippen LogP contribution in [0.2, 0.25) is 0 Å². The van der Waals surface area contributed by atoms with E-state index in [9.17, 15) is 0 Å². The lowest BCUT2D eigenvalue weighted by atomic mass is 9.94. The van der Waals surface area contributed by atoms with Crippen molar-refractivity contribution in [3.63, 3.8) is 0 Å². The number of nitrogens with two attached hydrogens (primary N) is 1. The molecule has 3 rings (SSSR count). The molecule has 4 heteroatoms. The highest BCUT2D eigenvalue weighted by Crippen LogP contribution is 2.22. The molecule has 1 fully saturated rings. The summed E-state index contributed by atoms with van der Waals surface area (Å²) >= 11 is 0. The number of hydrogen-bond acceptors (Lipinski definition) is 1. The average molecular weight is 278 g/mol. The van der Waals surface area contributed by atoms with Crippen LogP contribution in [0.15, 0.2) is 18.2 Å². The van der Waals surface area contributed by atoms with Crippen LogP contribution < -0.4 is 19.9 Å². The fourth-order valence-electron chi connectivity index (χ4n) is 3.77. The van der Waals surface area contributed by atoms with Crippen LogP contribution in [-0.2, 0) is 6.54 Å². The van der Waals surface area contributed by atoms with Gasteiger partial charge in [-0.3, -0.25) is 0 Å². The number of ether oxygens (including phenoxy) is 1. The van der Waals surface area contributed by atoms with E-state index < -0.39 is 0 Å². The van der Waals surface area contributed by atoms with E-state index in [0.717, 1.165) is 12.3 Å². The van der Waals surface area contributed by atoms with Crippen molar-refractivity contribution >= 4 is 0 Å². The van der Waals surface area contributed by atoms with Gasteiger partial charge >= 0.3 is 0 Å². The lowest BCUT2D eigenvalue weighted by molar-refractivity contribution is -1.03. The number of hydrogen-bond donors (Lipinski definition) is 3. The van der Waals surface area contributed by atoms with E-state index in [0.29, 0.717) is 6.04 Å². The van der Waals surface area contributed by atoms with Crippen LogP contribution in [0.1, 0.15) is 24.1 Å². The first-order chi connectivity index (χ1) is 9.81. The number of fused-ring (bicyclic) bond motifs is 1. The van der Waals surface area contributed by atoms with Crippen molar-refractivity contribution in [1.82, 2.24) is 0 Å². The third-order valence-corrected chi connectivity index (χ3v) is 5.08. The van der Waals surface area contributed by atoms with Crippen molar-refractivity contribution in [1.29, 1.82) is 0 Å². The van der Waals surface area contributed by atoms with Gasteiger partial charge in [0.1, 0.15) is 45.0 Å². The number of quaternary nitrogens is 3. The number of benzene rings is 1. The molecule has 20 heavy (non-hydrogen) atoms. The minimum absolute atomic E-state index is 0.670. The maximum Gasteiger partial charge on any atom is 0.163 e. The first-order valence-corrected chi connectivity index (χ1v) is 7.98. The number of piperazine rings is 1. The highest BCUT2D eigenvalue weighted by Gasteiger charge is 2.34. The summed E-state index contributed by atoms with van der Waals surface area (Å²) in [5, 5.41) is 2.46. The molecule has 0 bridgehead atoms. The number of likely N-dealkylation sites (N-methyl/N-ethyl adjacent to an activating group) is 1. The zero-order valence-corrected chi connectivity index (χ0v) is 12.7. The maximum absolute atomic E-state index is 5.37. The average Bonchev–Trinajstić information content (AvgIpc) is 2.54. The van der Waals surface area contributed by atoms with Gasteiger partial charge in [-0.1, -0.05) is 0 Å². The lowest BCUT2D eigenvalue weighted by Crippen LogP contribution is -3.28. The third kappa shape index (κ3) is 2.68. The van der Waals surface area contributed by atoms with Gasteiger partial charge in [0, 0.05) is 11.1 Å². The Morgan fingerprint density at radius 1 is 1.25 bits per heavy atom.